The minimum atomic E-state index is -0.469. The number of carbonyl (C=O) groups excluding carboxylic acids is 1. The van der Waals surface area contributed by atoms with Crippen molar-refractivity contribution < 1.29 is 4.79 Å². The summed E-state index contributed by atoms with van der Waals surface area (Å²) in [7, 11) is 1.83. The number of Topliss-reactive ketones (excluding diaryl/α,β-unsaturated/α-hetero) is 1. The molecule has 2 rings (SSSR count). The third-order valence-electron chi connectivity index (χ3n) is 4.18. The van der Waals surface area contributed by atoms with Gasteiger partial charge in [0.05, 0.1) is 28.4 Å². The molecule has 0 spiro atoms. The molecule has 0 aliphatic carbocycles. The van der Waals surface area contributed by atoms with E-state index >= 15 is 0 Å². The van der Waals surface area contributed by atoms with Crippen LogP contribution in [-0.4, -0.2) is 52.2 Å². The Balaban J connectivity index is 2.14. The zero-order valence-electron chi connectivity index (χ0n) is 12.7. The molecule has 20 heavy (non-hydrogen) atoms. The molecule has 6 heteroatoms. The Morgan fingerprint density at radius 3 is 2.50 bits per heavy atom. The molecule has 1 fully saturated rings. The molecule has 0 bridgehead atoms. The zero-order chi connectivity index (χ0) is 14.9. The fourth-order valence-corrected chi connectivity index (χ4v) is 2.87. The van der Waals surface area contributed by atoms with Crippen molar-refractivity contribution in [3.8, 4) is 0 Å². The molecule has 1 aromatic rings. The van der Waals surface area contributed by atoms with Crippen LogP contribution in [0.15, 0.2) is 0 Å². The van der Waals surface area contributed by atoms with E-state index in [0.29, 0.717) is 11.4 Å². The Labute approximate surface area is 125 Å². The van der Waals surface area contributed by atoms with E-state index in [2.05, 4.69) is 15.3 Å². The van der Waals surface area contributed by atoms with Crippen molar-refractivity contribution in [1.29, 1.82) is 0 Å². The number of nitrogens with zero attached hydrogens (tertiary/aromatic N) is 3. The Morgan fingerprint density at radius 2 is 2.00 bits per heavy atom. The molecular weight excluding hydrogens is 276 g/mol. The maximum absolute atomic E-state index is 12.7. The molecule has 1 N–H and O–H groups in total. The largest absolute Gasteiger partial charge is 0.314 e. The van der Waals surface area contributed by atoms with Gasteiger partial charge in [0.25, 0.3) is 0 Å². The molecule has 2 heterocycles. The van der Waals surface area contributed by atoms with E-state index in [1.165, 1.54) is 0 Å². The number of rotatable bonds is 4. The van der Waals surface area contributed by atoms with E-state index in [0.717, 1.165) is 37.6 Å². The summed E-state index contributed by atoms with van der Waals surface area (Å²) in [5, 5.41) is 8.18. The highest BCUT2D eigenvalue weighted by Crippen LogP contribution is 2.24. The van der Waals surface area contributed by atoms with Crippen LogP contribution in [-0.2, 0) is 18.3 Å². The maximum Gasteiger partial charge on any atom is 0.158 e. The summed E-state index contributed by atoms with van der Waals surface area (Å²) in [4.78, 5) is 14.9. The van der Waals surface area contributed by atoms with Crippen molar-refractivity contribution >= 4 is 17.4 Å². The van der Waals surface area contributed by atoms with Crippen LogP contribution in [0.1, 0.15) is 25.2 Å². The smallest absolute Gasteiger partial charge is 0.158 e. The van der Waals surface area contributed by atoms with Gasteiger partial charge in [-0.05, 0) is 20.8 Å². The lowest BCUT2D eigenvalue weighted by Crippen LogP contribution is -2.57. The first-order valence-corrected chi connectivity index (χ1v) is 7.39. The Bertz CT molecular complexity index is 504. The molecule has 0 unspecified atom stereocenters. The summed E-state index contributed by atoms with van der Waals surface area (Å²) in [5.74, 6) is 0.185. The molecule has 1 saturated heterocycles. The van der Waals surface area contributed by atoms with Crippen LogP contribution in [0.4, 0.5) is 0 Å². The summed E-state index contributed by atoms with van der Waals surface area (Å²) >= 11 is 6.23. The summed E-state index contributed by atoms with van der Waals surface area (Å²) in [6, 6.07) is 0. The van der Waals surface area contributed by atoms with Crippen LogP contribution in [0.2, 0.25) is 5.02 Å². The lowest BCUT2D eigenvalue weighted by atomic mass is 9.92. The van der Waals surface area contributed by atoms with Gasteiger partial charge in [-0.3, -0.25) is 14.4 Å². The van der Waals surface area contributed by atoms with E-state index in [-0.39, 0.29) is 5.78 Å². The van der Waals surface area contributed by atoms with Crippen molar-refractivity contribution in [2.75, 3.05) is 26.2 Å². The first-order valence-electron chi connectivity index (χ1n) is 7.01. The number of nitrogens with one attached hydrogen (secondary N) is 1. The van der Waals surface area contributed by atoms with Crippen LogP contribution in [0.5, 0.6) is 0 Å². The van der Waals surface area contributed by atoms with Crippen molar-refractivity contribution in [1.82, 2.24) is 20.0 Å². The van der Waals surface area contributed by atoms with Gasteiger partial charge in [0.2, 0.25) is 0 Å². The molecule has 0 aromatic carbocycles. The van der Waals surface area contributed by atoms with Gasteiger partial charge in [0.15, 0.2) is 5.78 Å². The zero-order valence-corrected chi connectivity index (χ0v) is 13.4. The van der Waals surface area contributed by atoms with Gasteiger partial charge in [0, 0.05) is 33.2 Å². The molecule has 0 saturated carbocycles. The lowest BCUT2D eigenvalue weighted by molar-refractivity contribution is -0.129. The topological polar surface area (TPSA) is 50.2 Å². The van der Waals surface area contributed by atoms with E-state index in [4.69, 9.17) is 11.6 Å². The van der Waals surface area contributed by atoms with Gasteiger partial charge >= 0.3 is 0 Å². The fourth-order valence-electron chi connectivity index (χ4n) is 2.64. The van der Waals surface area contributed by atoms with Gasteiger partial charge in [-0.25, -0.2) is 0 Å². The maximum atomic E-state index is 12.7. The van der Waals surface area contributed by atoms with Gasteiger partial charge in [0.1, 0.15) is 0 Å². The van der Waals surface area contributed by atoms with Crippen LogP contribution in [0.3, 0.4) is 0 Å². The highest BCUT2D eigenvalue weighted by atomic mass is 35.5. The lowest BCUT2D eigenvalue weighted by Gasteiger charge is -2.40. The Hall–Kier alpha value is -0.910. The second kappa shape index (κ2) is 5.84. The number of ketones is 1. The highest BCUT2D eigenvalue weighted by molar-refractivity contribution is 6.32. The monoisotopic (exact) mass is 298 g/mol. The Morgan fingerprint density at radius 1 is 1.40 bits per heavy atom. The van der Waals surface area contributed by atoms with Crippen molar-refractivity contribution in [2.45, 2.75) is 32.7 Å². The number of hydrogen-bond donors (Lipinski definition) is 1. The standard InChI is InChI=1S/C14H23ClN4O/c1-10-13(15)11(18(4)17-10)9-12(20)14(2,3)19-7-5-16-6-8-19/h16H,5-9H2,1-4H3. The van der Waals surface area contributed by atoms with Gasteiger partial charge in [-0.15, -0.1) is 0 Å². The van der Waals surface area contributed by atoms with Crippen molar-refractivity contribution in [3.63, 3.8) is 0 Å². The molecule has 0 amide bonds. The Kier molecular flexibility index (Phi) is 4.52. The highest BCUT2D eigenvalue weighted by Gasteiger charge is 2.35. The van der Waals surface area contributed by atoms with E-state index in [9.17, 15) is 4.79 Å². The minimum absolute atomic E-state index is 0.185. The predicted octanol–water partition coefficient (Wildman–Crippen LogP) is 1.18. The number of aryl methyl sites for hydroxylation is 2. The predicted molar refractivity (Wildman–Crippen MR) is 80.2 cm³/mol. The van der Waals surface area contributed by atoms with Gasteiger partial charge in [-0.2, -0.15) is 5.10 Å². The summed E-state index contributed by atoms with van der Waals surface area (Å²) < 4.78 is 1.71. The first kappa shape index (κ1) is 15.5. The fraction of sp³-hybridized carbons (Fsp3) is 0.714. The number of carbonyl (C=O) groups is 1. The van der Waals surface area contributed by atoms with Crippen LogP contribution < -0.4 is 5.32 Å². The number of piperazine rings is 1. The van der Waals surface area contributed by atoms with E-state index in [1.54, 1.807) is 4.68 Å². The summed E-state index contributed by atoms with van der Waals surface area (Å²) in [5.41, 5.74) is 1.11. The molecule has 1 aliphatic rings. The quantitative estimate of drug-likeness (QED) is 0.907. The minimum Gasteiger partial charge on any atom is -0.314 e. The number of halogens is 1. The molecule has 1 aliphatic heterocycles. The second-order valence-electron chi connectivity index (χ2n) is 5.87. The average Bonchev–Trinajstić information content (AvgIpc) is 2.66. The van der Waals surface area contributed by atoms with Crippen molar-refractivity contribution in [3.05, 3.63) is 16.4 Å². The molecule has 0 atom stereocenters. The third-order valence-corrected chi connectivity index (χ3v) is 4.67. The molecule has 5 nitrogen and oxygen atoms in total. The van der Waals surface area contributed by atoms with Crippen molar-refractivity contribution in [2.24, 2.45) is 7.05 Å². The summed E-state index contributed by atoms with van der Waals surface area (Å²) in [6.45, 7) is 9.52. The number of aromatic nitrogens is 2. The second-order valence-corrected chi connectivity index (χ2v) is 6.24. The van der Waals surface area contributed by atoms with E-state index in [1.807, 2.05) is 27.8 Å². The first-order chi connectivity index (χ1) is 9.34. The van der Waals surface area contributed by atoms with Gasteiger partial charge in [-0.1, -0.05) is 11.6 Å². The van der Waals surface area contributed by atoms with Crippen LogP contribution in [0.25, 0.3) is 0 Å². The summed E-state index contributed by atoms with van der Waals surface area (Å²) in [6.07, 6.45) is 0.326. The van der Waals surface area contributed by atoms with Crippen LogP contribution >= 0.6 is 11.6 Å². The number of hydrogen-bond acceptors (Lipinski definition) is 4. The van der Waals surface area contributed by atoms with Gasteiger partial charge < -0.3 is 5.32 Å². The molecule has 112 valence electrons. The molecular formula is C14H23ClN4O. The molecule has 0 radical (unpaired) electrons. The SMILES string of the molecule is Cc1nn(C)c(CC(=O)C(C)(C)N2CCNCC2)c1Cl. The average molecular weight is 299 g/mol. The van der Waals surface area contributed by atoms with Crippen LogP contribution in [0, 0.1) is 6.92 Å². The molecule has 1 aromatic heterocycles. The third kappa shape index (κ3) is 2.90. The normalized spacial score (nSPS) is 17.4. The van der Waals surface area contributed by atoms with E-state index < -0.39 is 5.54 Å².